The lowest BCUT2D eigenvalue weighted by Gasteiger charge is -2.20. The van der Waals surface area contributed by atoms with E-state index in [1.165, 1.54) is 28.3 Å². The summed E-state index contributed by atoms with van der Waals surface area (Å²) in [6.07, 6.45) is 2.55. The van der Waals surface area contributed by atoms with Gasteiger partial charge in [-0.25, -0.2) is 9.37 Å². The number of anilines is 1. The van der Waals surface area contributed by atoms with Crippen LogP contribution >= 0.6 is 24.0 Å². The summed E-state index contributed by atoms with van der Waals surface area (Å²) in [4.78, 5) is 10.5. The molecule has 7 heteroatoms. The normalized spacial score (nSPS) is 16.7. The van der Waals surface area contributed by atoms with Gasteiger partial charge in [0.2, 0.25) is 0 Å². The van der Waals surface area contributed by atoms with E-state index in [4.69, 9.17) is 0 Å². The van der Waals surface area contributed by atoms with Gasteiger partial charge in [0.15, 0.2) is 17.6 Å². The number of benzene rings is 1. The van der Waals surface area contributed by atoms with Gasteiger partial charge in [0.25, 0.3) is 0 Å². The minimum atomic E-state index is -0.272. The van der Waals surface area contributed by atoms with Gasteiger partial charge in [-0.05, 0) is 56.0 Å². The molecule has 0 amide bonds. The molecule has 0 bridgehead atoms. The van der Waals surface area contributed by atoms with Gasteiger partial charge in [0, 0.05) is 38.9 Å². The highest BCUT2D eigenvalue weighted by Gasteiger charge is 2.25. The maximum absolute atomic E-state index is 13.9. The highest BCUT2D eigenvalue weighted by atomic mass is 127. The van der Waals surface area contributed by atoms with Crippen LogP contribution in [0.4, 0.5) is 10.2 Å². The maximum atomic E-state index is 13.9. The number of hydrogen-bond acceptors (Lipinski definition) is 3. The highest BCUT2D eigenvalue weighted by Crippen LogP contribution is 2.21. The Labute approximate surface area is 183 Å². The van der Waals surface area contributed by atoms with Crippen molar-refractivity contribution >= 4 is 35.8 Å². The third-order valence-electron chi connectivity index (χ3n) is 5.06. The van der Waals surface area contributed by atoms with E-state index in [1.807, 2.05) is 4.90 Å². The molecule has 2 aromatic rings. The lowest BCUT2D eigenvalue weighted by atomic mass is 10.00. The zero-order valence-corrected chi connectivity index (χ0v) is 19.3. The van der Waals surface area contributed by atoms with Crippen molar-refractivity contribution in [1.29, 1.82) is 0 Å². The Hall–Kier alpha value is -1.90. The van der Waals surface area contributed by atoms with Crippen molar-refractivity contribution < 1.29 is 4.39 Å². The van der Waals surface area contributed by atoms with Crippen LogP contribution in [-0.2, 0) is 6.54 Å². The molecule has 2 heterocycles. The predicted octanol–water partition coefficient (Wildman–Crippen LogP) is 3.71. The molecule has 1 saturated heterocycles. The number of aromatic nitrogens is 1. The van der Waals surface area contributed by atoms with E-state index in [2.05, 4.69) is 53.5 Å². The molecule has 1 aliphatic heterocycles. The fourth-order valence-corrected chi connectivity index (χ4v) is 3.73. The number of aliphatic imine (C=N–C) groups is 1. The predicted molar refractivity (Wildman–Crippen MR) is 124 cm³/mol. The zero-order chi connectivity index (χ0) is 19.4. The molecule has 1 aromatic heterocycles. The number of hydrogen-bond donors (Lipinski definition) is 2. The average Bonchev–Trinajstić information content (AvgIpc) is 3.08. The van der Waals surface area contributed by atoms with Crippen molar-refractivity contribution in [3.8, 4) is 0 Å². The lowest BCUT2D eigenvalue weighted by molar-refractivity contribution is 0.612. The van der Waals surface area contributed by atoms with Gasteiger partial charge in [-0.2, -0.15) is 0 Å². The minimum Gasteiger partial charge on any atom is -0.352 e. The summed E-state index contributed by atoms with van der Waals surface area (Å²) in [6.45, 7) is 8.61. The van der Waals surface area contributed by atoms with Gasteiger partial charge in [-0.3, -0.25) is 4.99 Å². The fraction of sp³-hybridized carbons (Fsp3) is 0.429. The van der Waals surface area contributed by atoms with Crippen molar-refractivity contribution in [3.63, 3.8) is 0 Å². The smallest absolute Gasteiger partial charge is 0.191 e. The largest absolute Gasteiger partial charge is 0.352 e. The molecular weight excluding hydrogens is 468 g/mol. The molecule has 0 spiro atoms. The summed E-state index contributed by atoms with van der Waals surface area (Å²) in [5.74, 6) is 0.921. The highest BCUT2D eigenvalue weighted by molar-refractivity contribution is 14.0. The number of aryl methyl sites for hydroxylation is 3. The Balaban J connectivity index is 0.00000280. The number of guanidine groups is 1. The van der Waals surface area contributed by atoms with Crippen molar-refractivity contribution in [1.82, 2.24) is 15.6 Å². The summed E-state index contributed by atoms with van der Waals surface area (Å²) in [6, 6.07) is 7.69. The van der Waals surface area contributed by atoms with Gasteiger partial charge in [-0.15, -0.1) is 24.0 Å². The van der Waals surface area contributed by atoms with Gasteiger partial charge in [0.1, 0.15) is 0 Å². The van der Waals surface area contributed by atoms with E-state index in [1.54, 1.807) is 19.3 Å². The summed E-state index contributed by atoms with van der Waals surface area (Å²) < 4.78 is 13.9. The van der Waals surface area contributed by atoms with Crippen LogP contribution in [0.2, 0.25) is 0 Å². The molecule has 5 nitrogen and oxygen atoms in total. The van der Waals surface area contributed by atoms with Crippen LogP contribution in [0.3, 0.4) is 0 Å². The summed E-state index contributed by atoms with van der Waals surface area (Å²) >= 11 is 0. The van der Waals surface area contributed by atoms with Crippen LogP contribution < -0.4 is 15.5 Å². The Kier molecular flexibility index (Phi) is 8.03. The third-order valence-corrected chi connectivity index (χ3v) is 5.06. The second kappa shape index (κ2) is 10.0. The van der Waals surface area contributed by atoms with Crippen LogP contribution in [0.5, 0.6) is 0 Å². The van der Waals surface area contributed by atoms with Crippen molar-refractivity contribution in [3.05, 3.63) is 58.5 Å². The van der Waals surface area contributed by atoms with Gasteiger partial charge >= 0.3 is 0 Å². The first kappa shape index (κ1) is 22.4. The molecule has 3 rings (SSSR count). The molecular formula is C21H29FIN5. The van der Waals surface area contributed by atoms with Gasteiger partial charge in [0.05, 0.1) is 0 Å². The Morgan fingerprint density at radius 3 is 2.64 bits per heavy atom. The molecule has 1 aliphatic rings. The number of nitrogens with zero attached hydrogens (tertiary/aromatic N) is 3. The molecule has 1 fully saturated rings. The molecule has 0 aliphatic carbocycles. The molecule has 1 aromatic carbocycles. The van der Waals surface area contributed by atoms with Crippen molar-refractivity contribution in [2.75, 3.05) is 25.0 Å². The van der Waals surface area contributed by atoms with Gasteiger partial charge < -0.3 is 15.5 Å². The number of pyridine rings is 1. The molecule has 1 unspecified atom stereocenters. The summed E-state index contributed by atoms with van der Waals surface area (Å²) in [5, 5.41) is 6.86. The van der Waals surface area contributed by atoms with E-state index in [9.17, 15) is 4.39 Å². The molecule has 152 valence electrons. The number of halogens is 2. The van der Waals surface area contributed by atoms with E-state index < -0.39 is 0 Å². The van der Waals surface area contributed by atoms with E-state index in [0.717, 1.165) is 25.5 Å². The van der Waals surface area contributed by atoms with Crippen molar-refractivity contribution in [2.45, 2.75) is 39.8 Å². The molecule has 2 N–H and O–H groups in total. The van der Waals surface area contributed by atoms with Gasteiger partial charge in [-0.1, -0.05) is 17.7 Å². The van der Waals surface area contributed by atoms with Crippen LogP contribution in [-0.4, -0.2) is 37.1 Å². The Morgan fingerprint density at radius 1 is 1.29 bits per heavy atom. The van der Waals surface area contributed by atoms with Crippen LogP contribution in [0.15, 0.2) is 35.5 Å². The van der Waals surface area contributed by atoms with E-state index >= 15 is 0 Å². The van der Waals surface area contributed by atoms with Crippen LogP contribution in [0, 0.1) is 26.6 Å². The standard InChI is InChI=1S/C21H28FN5.HI/c1-14-10-15(2)18(16(3)11-14)12-25-21(23-4)26-17-7-9-27(13-17)20-19(22)6-5-8-24-20;/h5-6,8,10-11,17H,7,9,12-13H2,1-4H3,(H2,23,25,26);1H. The number of nitrogens with one attached hydrogen (secondary N) is 2. The first-order valence-corrected chi connectivity index (χ1v) is 9.37. The monoisotopic (exact) mass is 497 g/mol. The average molecular weight is 497 g/mol. The zero-order valence-electron chi connectivity index (χ0n) is 16.9. The first-order valence-electron chi connectivity index (χ1n) is 9.37. The van der Waals surface area contributed by atoms with E-state index in [0.29, 0.717) is 12.4 Å². The maximum Gasteiger partial charge on any atom is 0.191 e. The molecule has 0 radical (unpaired) electrons. The number of rotatable bonds is 4. The molecule has 28 heavy (non-hydrogen) atoms. The SMILES string of the molecule is CN=C(NCc1c(C)cc(C)cc1C)NC1CCN(c2ncccc2F)C1.I. The quantitative estimate of drug-likeness (QED) is 0.385. The Morgan fingerprint density at radius 2 is 2.00 bits per heavy atom. The topological polar surface area (TPSA) is 52.6 Å². The first-order chi connectivity index (χ1) is 13.0. The fourth-order valence-electron chi connectivity index (χ4n) is 3.73. The molecule has 0 saturated carbocycles. The molecule has 1 atom stereocenters. The van der Waals surface area contributed by atoms with E-state index in [-0.39, 0.29) is 35.8 Å². The lowest BCUT2D eigenvalue weighted by Crippen LogP contribution is -2.44. The van der Waals surface area contributed by atoms with Crippen molar-refractivity contribution in [2.24, 2.45) is 4.99 Å². The second-order valence-electron chi connectivity index (χ2n) is 7.19. The van der Waals surface area contributed by atoms with Crippen LogP contribution in [0.1, 0.15) is 28.7 Å². The van der Waals surface area contributed by atoms with Crippen LogP contribution in [0.25, 0.3) is 0 Å². The second-order valence-corrected chi connectivity index (χ2v) is 7.19. The third kappa shape index (κ3) is 5.33. The summed E-state index contributed by atoms with van der Waals surface area (Å²) in [5.41, 5.74) is 5.15. The summed E-state index contributed by atoms with van der Waals surface area (Å²) in [7, 11) is 1.77. The minimum absolute atomic E-state index is 0. The Bertz CT molecular complexity index is 816.